The van der Waals surface area contributed by atoms with Crippen LogP contribution in [0, 0.1) is 11.8 Å². The summed E-state index contributed by atoms with van der Waals surface area (Å²) in [5.41, 5.74) is 1.90. The molecule has 2 amide bonds. The first-order chi connectivity index (χ1) is 22.5. The highest BCUT2D eigenvalue weighted by Crippen LogP contribution is 2.36. The third-order valence-corrected chi connectivity index (χ3v) is 8.27. The molecule has 9 nitrogen and oxygen atoms in total. The molecule has 3 aromatic rings. The van der Waals surface area contributed by atoms with E-state index >= 15 is 0 Å². The quantitative estimate of drug-likeness (QED) is 0.217. The SMILES string of the molecule is O=C1NC(=S)N(c2ccc(Oc3ccccc3)cc2)C(=O)/C1=C/C1C(=O)C2C=CC=CC2=CC1OC1=NN=CC1c1ccccc1. The molecule has 1 fully saturated rings. The lowest BCUT2D eigenvalue weighted by molar-refractivity contribution is -0.125. The van der Waals surface area contributed by atoms with Gasteiger partial charge in [0.1, 0.15) is 23.2 Å². The van der Waals surface area contributed by atoms with E-state index < -0.39 is 29.8 Å². The van der Waals surface area contributed by atoms with Crippen LogP contribution in [0.25, 0.3) is 0 Å². The average molecular weight is 627 g/mol. The first-order valence-electron chi connectivity index (χ1n) is 14.6. The number of amides is 2. The zero-order valence-corrected chi connectivity index (χ0v) is 25.0. The zero-order chi connectivity index (χ0) is 31.6. The van der Waals surface area contributed by atoms with Crippen molar-refractivity contribution in [2.75, 3.05) is 4.90 Å². The summed E-state index contributed by atoms with van der Waals surface area (Å²) in [7, 11) is 0. The predicted octanol–water partition coefficient (Wildman–Crippen LogP) is 5.59. The van der Waals surface area contributed by atoms with E-state index in [-0.39, 0.29) is 22.4 Å². The number of hydrogen-bond donors (Lipinski definition) is 1. The first kappa shape index (κ1) is 29.0. The Bertz CT molecular complexity index is 1910. The van der Waals surface area contributed by atoms with Gasteiger partial charge in [0.2, 0.25) is 5.90 Å². The molecule has 0 radical (unpaired) electrons. The number of carbonyl (C=O) groups is 3. The third-order valence-electron chi connectivity index (χ3n) is 7.98. The second kappa shape index (κ2) is 12.3. The summed E-state index contributed by atoms with van der Waals surface area (Å²) in [5.74, 6) is -1.90. The van der Waals surface area contributed by atoms with E-state index in [1.165, 1.54) is 11.0 Å². The molecule has 7 rings (SSSR count). The number of ether oxygens (including phenoxy) is 2. The lowest BCUT2D eigenvalue weighted by Crippen LogP contribution is -2.54. The summed E-state index contributed by atoms with van der Waals surface area (Å²) in [6.45, 7) is 0. The summed E-state index contributed by atoms with van der Waals surface area (Å²) in [6, 6.07) is 25.7. The van der Waals surface area contributed by atoms with Crippen molar-refractivity contribution in [2.45, 2.75) is 12.0 Å². The maximum Gasteiger partial charge on any atom is 0.269 e. The molecule has 10 heteroatoms. The summed E-state index contributed by atoms with van der Waals surface area (Å²) in [4.78, 5) is 42.3. The summed E-state index contributed by atoms with van der Waals surface area (Å²) in [5, 5.41) is 10.8. The maximum atomic E-state index is 14.0. The topological polar surface area (TPSA) is 110 Å². The van der Waals surface area contributed by atoms with Gasteiger partial charge in [-0.15, -0.1) is 5.10 Å². The normalized spacial score (nSPS) is 24.4. The fraction of sp³-hybridized carbons (Fsp3) is 0.111. The number of para-hydroxylation sites is 1. The van der Waals surface area contributed by atoms with Crippen molar-refractivity contribution in [3.8, 4) is 11.5 Å². The van der Waals surface area contributed by atoms with Crippen molar-refractivity contribution < 1.29 is 23.9 Å². The predicted molar refractivity (Wildman–Crippen MR) is 178 cm³/mol. The molecule has 0 saturated carbocycles. The number of nitrogens with one attached hydrogen (secondary N) is 1. The monoisotopic (exact) mass is 626 g/mol. The molecule has 2 heterocycles. The largest absolute Gasteiger partial charge is 0.470 e. The van der Waals surface area contributed by atoms with Crippen LogP contribution in [0.4, 0.5) is 5.69 Å². The number of rotatable bonds is 6. The van der Waals surface area contributed by atoms with Crippen LogP contribution in [0.5, 0.6) is 11.5 Å². The standard InChI is InChI=1S/C36H26N4O5S/c41-32-27-14-8-7-11-23(27)19-31(45-34-30(21-37-39-34)22-9-3-1-4-10-22)28(32)20-29-33(42)38-36(46)40(35(29)43)24-15-17-26(18-16-24)44-25-12-5-2-6-13-25/h1-21,27-28,30-31H,(H,38,42,46)/b29-20+. The van der Waals surface area contributed by atoms with Gasteiger partial charge in [0.05, 0.1) is 23.4 Å². The molecule has 2 aliphatic heterocycles. The van der Waals surface area contributed by atoms with Gasteiger partial charge in [-0.3, -0.25) is 24.6 Å². The van der Waals surface area contributed by atoms with Crippen molar-refractivity contribution >= 4 is 52.7 Å². The number of nitrogens with zero attached hydrogens (tertiary/aromatic N) is 3. The highest BCUT2D eigenvalue weighted by Gasteiger charge is 2.42. The van der Waals surface area contributed by atoms with Gasteiger partial charge >= 0.3 is 0 Å². The second-order valence-corrected chi connectivity index (χ2v) is 11.3. The van der Waals surface area contributed by atoms with Crippen molar-refractivity contribution in [1.82, 2.24) is 5.32 Å². The highest BCUT2D eigenvalue weighted by atomic mass is 32.1. The number of ketones is 1. The minimum Gasteiger partial charge on any atom is -0.470 e. The zero-order valence-electron chi connectivity index (χ0n) is 24.2. The van der Waals surface area contributed by atoms with Gasteiger partial charge in [0.15, 0.2) is 10.9 Å². The van der Waals surface area contributed by atoms with Crippen LogP contribution in [-0.2, 0) is 19.1 Å². The van der Waals surface area contributed by atoms with Crippen LogP contribution in [0.15, 0.2) is 143 Å². The van der Waals surface area contributed by atoms with E-state index in [0.29, 0.717) is 23.1 Å². The number of fused-ring (bicyclic) bond motifs is 1. The number of benzene rings is 3. The molecular weight excluding hydrogens is 600 g/mol. The van der Waals surface area contributed by atoms with E-state index in [2.05, 4.69) is 15.5 Å². The Labute approximate surface area is 269 Å². The summed E-state index contributed by atoms with van der Waals surface area (Å²) < 4.78 is 12.3. The molecule has 0 bridgehead atoms. The van der Waals surface area contributed by atoms with Crippen molar-refractivity contribution in [2.24, 2.45) is 22.0 Å². The van der Waals surface area contributed by atoms with Crippen LogP contribution in [0.3, 0.4) is 0 Å². The van der Waals surface area contributed by atoms with Crippen LogP contribution in [0.2, 0.25) is 0 Å². The van der Waals surface area contributed by atoms with E-state index in [9.17, 15) is 14.4 Å². The Kier molecular flexibility index (Phi) is 7.78. The highest BCUT2D eigenvalue weighted by molar-refractivity contribution is 7.80. The first-order valence-corrected chi connectivity index (χ1v) is 15.0. The number of Topliss-reactive ketones (excluding diaryl/α,β-unsaturated/α-hetero) is 1. The minimum absolute atomic E-state index is 0.0719. The van der Waals surface area contributed by atoms with Gasteiger partial charge in [-0.2, -0.15) is 5.10 Å². The molecule has 2 aliphatic carbocycles. The number of anilines is 1. The van der Waals surface area contributed by atoms with Crippen LogP contribution < -0.4 is 15.0 Å². The van der Waals surface area contributed by atoms with Gasteiger partial charge in [0, 0.05) is 6.21 Å². The van der Waals surface area contributed by atoms with E-state index in [4.69, 9.17) is 21.7 Å². The number of carbonyl (C=O) groups excluding carboxylic acids is 3. The minimum atomic E-state index is -0.982. The molecule has 4 aliphatic rings. The third kappa shape index (κ3) is 5.62. The summed E-state index contributed by atoms with van der Waals surface area (Å²) >= 11 is 5.40. The molecule has 0 spiro atoms. The maximum absolute atomic E-state index is 14.0. The van der Waals surface area contributed by atoms with Crippen molar-refractivity contribution in [3.63, 3.8) is 0 Å². The van der Waals surface area contributed by atoms with Gasteiger partial charge < -0.3 is 9.47 Å². The molecule has 1 N–H and O–H groups in total. The van der Waals surface area contributed by atoms with Gasteiger partial charge in [-0.1, -0.05) is 78.9 Å². The van der Waals surface area contributed by atoms with Crippen molar-refractivity contribution in [1.29, 1.82) is 0 Å². The lowest BCUT2D eigenvalue weighted by atomic mass is 9.75. The Hall–Kier alpha value is -5.74. The Morgan fingerprint density at radius 3 is 2.33 bits per heavy atom. The molecule has 3 aromatic carbocycles. The van der Waals surface area contributed by atoms with Gasteiger partial charge in [-0.25, -0.2) is 0 Å². The fourth-order valence-corrected chi connectivity index (χ4v) is 5.99. The average Bonchev–Trinajstić information content (AvgIpc) is 3.54. The van der Waals surface area contributed by atoms with E-state index in [0.717, 1.165) is 11.1 Å². The van der Waals surface area contributed by atoms with Crippen LogP contribution in [-0.4, -0.2) is 40.9 Å². The summed E-state index contributed by atoms with van der Waals surface area (Å²) in [6.07, 6.45) is 11.4. The molecule has 0 aromatic heterocycles. The lowest BCUT2D eigenvalue weighted by Gasteiger charge is -2.34. The van der Waals surface area contributed by atoms with Gasteiger partial charge in [0.25, 0.3) is 11.8 Å². The Morgan fingerprint density at radius 1 is 0.848 bits per heavy atom. The molecule has 46 heavy (non-hydrogen) atoms. The number of thiocarbonyl (C=S) groups is 1. The Balaban J connectivity index is 1.19. The molecule has 226 valence electrons. The molecule has 4 unspecified atom stereocenters. The van der Waals surface area contributed by atoms with Crippen LogP contribution >= 0.6 is 12.2 Å². The molecule has 4 atom stereocenters. The second-order valence-electron chi connectivity index (χ2n) is 10.9. The van der Waals surface area contributed by atoms with Crippen LogP contribution in [0.1, 0.15) is 11.5 Å². The van der Waals surface area contributed by atoms with Crippen molar-refractivity contribution in [3.05, 3.63) is 138 Å². The van der Waals surface area contributed by atoms with E-state index in [1.807, 2.05) is 78.9 Å². The van der Waals surface area contributed by atoms with Gasteiger partial charge in [-0.05, 0) is 65.8 Å². The molecule has 1 saturated heterocycles. The fourth-order valence-electron chi connectivity index (χ4n) is 5.71. The number of hydrogen-bond acceptors (Lipinski definition) is 8. The smallest absolute Gasteiger partial charge is 0.269 e. The number of allylic oxidation sites excluding steroid dienone is 5. The molecular formula is C36H26N4O5S. The Morgan fingerprint density at radius 2 is 1.57 bits per heavy atom. The van der Waals surface area contributed by atoms with E-state index in [1.54, 1.807) is 42.6 Å².